The van der Waals surface area contributed by atoms with Crippen LogP contribution in [0.1, 0.15) is 73.6 Å². The lowest BCUT2D eigenvalue weighted by molar-refractivity contribution is -0.133. The molecule has 1 amide bonds. The normalized spacial score (nSPS) is 24.0. The van der Waals surface area contributed by atoms with Gasteiger partial charge in [-0.15, -0.1) is 0 Å². The summed E-state index contributed by atoms with van der Waals surface area (Å²) in [5.74, 6) is -0.480. The van der Waals surface area contributed by atoms with Gasteiger partial charge >= 0.3 is 5.97 Å². The van der Waals surface area contributed by atoms with Crippen molar-refractivity contribution in [3.63, 3.8) is 0 Å². The summed E-state index contributed by atoms with van der Waals surface area (Å²) in [7, 11) is 0. The Morgan fingerprint density at radius 3 is 2.19 bits per heavy atom. The number of nitrogens with one attached hydrogen (secondary N) is 2. The van der Waals surface area contributed by atoms with Crippen LogP contribution in [0.15, 0.2) is 16.1 Å². The van der Waals surface area contributed by atoms with E-state index in [1.807, 2.05) is 13.8 Å². The first-order valence-corrected chi connectivity index (χ1v) is 10.2. The molecule has 154 valence electrons. The van der Waals surface area contributed by atoms with E-state index in [9.17, 15) is 14.7 Å². The van der Waals surface area contributed by atoms with Gasteiger partial charge in [0, 0.05) is 11.1 Å². The summed E-state index contributed by atoms with van der Waals surface area (Å²) in [5.41, 5.74) is 0.219. The summed E-state index contributed by atoms with van der Waals surface area (Å²) in [4.78, 5) is 28.5. The third-order valence-corrected chi connectivity index (χ3v) is 5.66. The van der Waals surface area contributed by atoms with E-state index in [2.05, 4.69) is 29.5 Å². The minimum atomic E-state index is -0.889. The lowest BCUT2D eigenvalue weighted by Gasteiger charge is -2.24. The van der Waals surface area contributed by atoms with Crippen LogP contribution in [-0.2, 0) is 9.59 Å². The zero-order chi connectivity index (χ0) is 20.6. The van der Waals surface area contributed by atoms with Crippen LogP contribution >= 0.6 is 0 Å². The van der Waals surface area contributed by atoms with Gasteiger partial charge in [0.2, 0.25) is 0 Å². The Hall–Kier alpha value is -1.69. The Bertz CT molecular complexity index is 587. The van der Waals surface area contributed by atoms with Gasteiger partial charge in [-0.05, 0) is 51.6 Å². The number of aliphatic carboxylic acids is 1. The average Bonchev–Trinajstić information content (AvgIpc) is 2.93. The molecular formula is C21H37N3O3. The zero-order valence-corrected chi connectivity index (χ0v) is 17.8. The monoisotopic (exact) mass is 379 g/mol. The minimum Gasteiger partial charge on any atom is -0.478 e. The number of aliphatic imine (C=N–C) groups is 1. The minimum absolute atomic E-state index is 0.0563. The Labute approximate surface area is 163 Å². The van der Waals surface area contributed by atoms with E-state index in [0.29, 0.717) is 17.0 Å². The fourth-order valence-electron chi connectivity index (χ4n) is 3.52. The van der Waals surface area contributed by atoms with Crippen LogP contribution in [0.2, 0.25) is 0 Å². The number of carbonyl (C=O) groups is 2. The molecule has 1 atom stereocenters. The number of nitrogens with zero attached hydrogens (tertiary/aromatic N) is 1. The third kappa shape index (κ3) is 5.89. The van der Waals surface area contributed by atoms with Crippen molar-refractivity contribution < 1.29 is 14.7 Å². The SMILES string of the molecule is C/C(C1=NC(C)(C(C)C)C(=O)N1)=C(/C(=O)O)C1CCCCC1.CCNCC. The highest BCUT2D eigenvalue weighted by Crippen LogP contribution is 2.33. The first-order chi connectivity index (χ1) is 12.7. The molecule has 6 heteroatoms. The van der Waals surface area contributed by atoms with Crippen LogP contribution < -0.4 is 10.6 Å². The fourth-order valence-corrected chi connectivity index (χ4v) is 3.52. The van der Waals surface area contributed by atoms with Gasteiger partial charge in [0.25, 0.3) is 5.91 Å². The summed E-state index contributed by atoms with van der Waals surface area (Å²) < 4.78 is 0. The molecule has 1 aliphatic heterocycles. The van der Waals surface area contributed by atoms with Crippen molar-refractivity contribution in [3.8, 4) is 0 Å². The summed E-state index contributed by atoms with van der Waals surface area (Å²) in [5, 5.41) is 15.5. The molecule has 0 bridgehead atoms. The molecule has 0 aromatic rings. The first-order valence-electron chi connectivity index (χ1n) is 10.2. The molecule has 6 nitrogen and oxygen atoms in total. The van der Waals surface area contributed by atoms with E-state index in [1.165, 1.54) is 6.42 Å². The molecule has 2 rings (SSSR count). The smallest absolute Gasteiger partial charge is 0.332 e. The molecule has 2 aliphatic rings. The summed E-state index contributed by atoms with van der Waals surface area (Å²) in [6.45, 7) is 13.9. The maximum atomic E-state index is 12.2. The summed E-state index contributed by atoms with van der Waals surface area (Å²) >= 11 is 0. The number of amides is 1. The number of rotatable bonds is 6. The Morgan fingerprint density at radius 1 is 1.26 bits per heavy atom. The molecule has 1 aliphatic carbocycles. The highest BCUT2D eigenvalue weighted by molar-refractivity contribution is 6.17. The van der Waals surface area contributed by atoms with Gasteiger partial charge in [-0.25, -0.2) is 4.79 Å². The van der Waals surface area contributed by atoms with E-state index < -0.39 is 11.5 Å². The van der Waals surface area contributed by atoms with Crippen molar-refractivity contribution in [2.24, 2.45) is 16.8 Å². The average molecular weight is 380 g/mol. The second kappa shape index (κ2) is 10.6. The number of hydrogen-bond acceptors (Lipinski definition) is 4. The number of amidine groups is 1. The van der Waals surface area contributed by atoms with Gasteiger partial charge in [0.15, 0.2) is 0 Å². The highest BCUT2D eigenvalue weighted by Gasteiger charge is 2.42. The molecule has 0 aromatic heterocycles. The predicted molar refractivity (Wildman–Crippen MR) is 110 cm³/mol. The molecular weight excluding hydrogens is 342 g/mol. The molecule has 27 heavy (non-hydrogen) atoms. The second-order valence-electron chi connectivity index (χ2n) is 7.85. The van der Waals surface area contributed by atoms with Crippen molar-refractivity contribution >= 4 is 17.7 Å². The maximum absolute atomic E-state index is 12.2. The molecule has 1 unspecified atom stereocenters. The quantitative estimate of drug-likeness (QED) is 0.616. The Kier molecular flexibility index (Phi) is 9.16. The van der Waals surface area contributed by atoms with Gasteiger partial charge in [0.05, 0.1) is 0 Å². The highest BCUT2D eigenvalue weighted by atomic mass is 16.4. The van der Waals surface area contributed by atoms with Crippen molar-refractivity contribution in [2.75, 3.05) is 13.1 Å². The molecule has 1 saturated carbocycles. The van der Waals surface area contributed by atoms with E-state index in [0.717, 1.165) is 38.8 Å². The van der Waals surface area contributed by atoms with Crippen molar-refractivity contribution in [2.45, 2.75) is 79.2 Å². The molecule has 0 aromatic carbocycles. The van der Waals surface area contributed by atoms with E-state index >= 15 is 0 Å². The Morgan fingerprint density at radius 2 is 1.81 bits per heavy atom. The first kappa shape index (κ1) is 23.3. The lowest BCUT2D eigenvalue weighted by atomic mass is 9.81. The zero-order valence-electron chi connectivity index (χ0n) is 17.8. The summed E-state index contributed by atoms with van der Waals surface area (Å²) in [6.07, 6.45) is 5.11. The number of carboxylic acids is 1. The van der Waals surface area contributed by atoms with Crippen LogP contribution in [0.5, 0.6) is 0 Å². The van der Waals surface area contributed by atoms with E-state index in [1.54, 1.807) is 13.8 Å². The Balaban J connectivity index is 0.000000646. The molecule has 1 fully saturated rings. The van der Waals surface area contributed by atoms with Crippen molar-refractivity contribution in [1.82, 2.24) is 10.6 Å². The van der Waals surface area contributed by atoms with Crippen LogP contribution in [-0.4, -0.2) is 41.4 Å². The number of carbonyl (C=O) groups excluding carboxylic acids is 1. The van der Waals surface area contributed by atoms with Crippen LogP contribution in [0.3, 0.4) is 0 Å². The largest absolute Gasteiger partial charge is 0.478 e. The molecule has 0 spiro atoms. The van der Waals surface area contributed by atoms with Gasteiger partial charge in [-0.3, -0.25) is 9.79 Å². The van der Waals surface area contributed by atoms with E-state index in [4.69, 9.17) is 0 Å². The molecule has 3 N–H and O–H groups in total. The van der Waals surface area contributed by atoms with Crippen molar-refractivity contribution in [1.29, 1.82) is 0 Å². The van der Waals surface area contributed by atoms with Gasteiger partial charge in [-0.1, -0.05) is 47.0 Å². The summed E-state index contributed by atoms with van der Waals surface area (Å²) in [6, 6.07) is 0. The van der Waals surface area contributed by atoms with Gasteiger partial charge < -0.3 is 15.7 Å². The molecule has 0 saturated heterocycles. The number of carboxylic acid groups (broad SMARTS) is 1. The van der Waals surface area contributed by atoms with Gasteiger partial charge in [0.1, 0.15) is 11.4 Å². The predicted octanol–water partition coefficient (Wildman–Crippen LogP) is 3.53. The van der Waals surface area contributed by atoms with E-state index in [-0.39, 0.29) is 17.7 Å². The number of hydrogen-bond donors (Lipinski definition) is 3. The van der Waals surface area contributed by atoms with Gasteiger partial charge in [-0.2, -0.15) is 0 Å². The van der Waals surface area contributed by atoms with Crippen LogP contribution in [0, 0.1) is 11.8 Å². The second-order valence-corrected chi connectivity index (χ2v) is 7.85. The third-order valence-electron chi connectivity index (χ3n) is 5.66. The maximum Gasteiger partial charge on any atom is 0.332 e. The van der Waals surface area contributed by atoms with Crippen molar-refractivity contribution in [3.05, 3.63) is 11.1 Å². The molecule has 0 radical (unpaired) electrons. The lowest BCUT2D eigenvalue weighted by Crippen LogP contribution is -2.41. The van der Waals surface area contributed by atoms with Crippen LogP contribution in [0.25, 0.3) is 0 Å². The standard InChI is InChI=1S/C17H26N2O3.C4H11N/c1-10(2)17(4)16(22)18-14(19-17)11(3)13(15(20)21)12-8-6-5-7-9-12;1-3-5-4-2/h10,12H,5-9H2,1-4H3,(H,20,21)(H,18,19,22);5H,3-4H2,1-2H3/b13-11-;. The molecule has 1 heterocycles. The fraction of sp³-hybridized carbons (Fsp3) is 0.762. The topological polar surface area (TPSA) is 90.8 Å². The van der Waals surface area contributed by atoms with Crippen LogP contribution in [0.4, 0.5) is 0 Å².